The zero-order valence-electron chi connectivity index (χ0n) is 8.85. The molecule has 0 heterocycles. The van der Waals surface area contributed by atoms with Crippen LogP contribution < -0.4 is 0 Å². The van der Waals surface area contributed by atoms with Gasteiger partial charge in [-0.3, -0.25) is 9.69 Å². The van der Waals surface area contributed by atoms with Gasteiger partial charge in [-0.05, 0) is 12.5 Å². The Morgan fingerprint density at radius 3 is 2.53 bits per heavy atom. The molecule has 0 aromatic heterocycles. The number of benzene rings is 1. The predicted molar refractivity (Wildman–Crippen MR) is 58.5 cm³/mol. The number of hydrogen-bond donors (Lipinski definition) is 0. The maximum absolute atomic E-state index is 11.0. The Labute approximate surface area is 89.7 Å². The van der Waals surface area contributed by atoms with E-state index < -0.39 is 0 Å². The van der Waals surface area contributed by atoms with Crippen molar-refractivity contribution in [2.45, 2.75) is 13.5 Å². The Morgan fingerprint density at radius 2 is 2.00 bits per heavy atom. The first-order chi connectivity index (χ1) is 7.22. The van der Waals surface area contributed by atoms with Crippen LogP contribution in [0.15, 0.2) is 30.3 Å². The summed E-state index contributed by atoms with van der Waals surface area (Å²) >= 11 is 0. The third-order valence-electron chi connectivity index (χ3n) is 2.03. The topological polar surface area (TPSA) is 37.4 Å². The van der Waals surface area contributed by atoms with Crippen LogP contribution in [-0.4, -0.2) is 30.1 Å². The Bertz CT molecular complexity index is 322. The Hall–Kier alpha value is -1.48. The second-order valence-electron chi connectivity index (χ2n) is 3.52. The van der Waals surface area contributed by atoms with E-state index in [1.54, 1.807) is 0 Å². The first-order valence-electron chi connectivity index (χ1n) is 4.91. The van der Waals surface area contributed by atoms with Gasteiger partial charge in [-0.1, -0.05) is 30.3 Å². The Kier molecular flexibility index (Phi) is 4.71. The van der Waals surface area contributed by atoms with E-state index in [0.29, 0.717) is 19.6 Å². The largest absolute Gasteiger partial charge is 0.302 e. The van der Waals surface area contributed by atoms with E-state index in [9.17, 15) is 9.59 Å². The molecule has 3 heteroatoms. The van der Waals surface area contributed by atoms with E-state index in [1.807, 2.05) is 35.2 Å². The number of carbonyl (C=O) groups excluding carboxylic acids is 2. The fourth-order valence-corrected chi connectivity index (χ4v) is 1.45. The zero-order chi connectivity index (χ0) is 11.1. The molecule has 1 aromatic carbocycles. The highest BCUT2D eigenvalue weighted by molar-refractivity contribution is 5.77. The fourth-order valence-electron chi connectivity index (χ4n) is 1.45. The van der Waals surface area contributed by atoms with E-state index in [1.165, 1.54) is 6.92 Å². The lowest BCUT2D eigenvalue weighted by molar-refractivity contribution is -0.118. The van der Waals surface area contributed by atoms with Crippen LogP contribution in [0.2, 0.25) is 0 Å². The number of Topliss-reactive ketones (excluding diaryl/α,β-unsaturated/α-hetero) is 1. The Balaban J connectivity index is 2.58. The molecule has 0 aliphatic carbocycles. The van der Waals surface area contributed by atoms with E-state index in [2.05, 4.69) is 0 Å². The van der Waals surface area contributed by atoms with Gasteiger partial charge in [-0.25, -0.2) is 0 Å². The molecule has 0 N–H and O–H groups in total. The molecular weight excluding hydrogens is 190 g/mol. The van der Waals surface area contributed by atoms with Crippen LogP contribution in [0.5, 0.6) is 0 Å². The van der Waals surface area contributed by atoms with Gasteiger partial charge in [-0.15, -0.1) is 0 Å². The molecule has 1 rings (SSSR count). The smallest absolute Gasteiger partial charge is 0.143 e. The summed E-state index contributed by atoms with van der Waals surface area (Å²) in [5.74, 6) is 0.0766. The highest BCUT2D eigenvalue weighted by Crippen LogP contribution is 2.03. The first kappa shape index (κ1) is 11.6. The highest BCUT2D eigenvalue weighted by atomic mass is 16.1. The van der Waals surface area contributed by atoms with Crippen molar-refractivity contribution in [3.8, 4) is 0 Å². The fraction of sp³-hybridized carbons (Fsp3) is 0.333. The predicted octanol–water partition coefficient (Wildman–Crippen LogP) is 1.28. The number of rotatable bonds is 6. The van der Waals surface area contributed by atoms with Gasteiger partial charge in [0.05, 0.1) is 13.1 Å². The SMILES string of the molecule is CC(=O)CN(CC=O)Cc1ccccc1. The molecule has 0 aliphatic heterocycles. The maximum atomic E-state index is 11.0. The summed E-state index contributed by atoms with van der Waals surface area (Å²) in [5, 5.41) is 0. The van der Waals surface area contributed by atoms with Crippen molar-refractivity contribution in [2.75, 3.05) is 13.1 Å². The second kappa shape index (κ2) is 6.09. The van der Waals surface area contributed by atoms with Crippen molar-refractivity contribution < 1.29 is 9.59 Å². The molecule has 0 unspecified atom stereocenters. The number of carbonyl (C=O) groups is 2. The summed E-state index contributed by atoms with van der Waals surface area (Å²) < 4.78 is 0. The third-order valence-corrected chi connectivity index (χ3v) is 2.03. The van der Waals surface area contributed by atoms with Gasteiger partial charge in [-0.2, -0.15) is 0 Å². The van der Waals surface area contributed by atoms with Gasteiger partial charge in [0.15, 0.2) is 0 Å². The summed E-state index contributed by atoms with van der Waals surface area (Å²) in [5.41, 5.74) is 1.11. The lowest BCUT2D eigenvalue weighted by Crippen LogP contribution is -2.29. The second-order valence-corrected chi connectivity index (χ2v) is 3.52. The minimum atomic E-state index is 0.0766. The van der Waals surface area contributed by atoms with Crippen molar-refractivity contribution in [3.63, 3.8) is 0 Å². The average Bonchev–Trinajstić information content (AvgIpc) is 2.18. The van der Waals surface area contributed by atoms with Gasteiger partial charge < -0.3 is 4.79 Å². The summed E-state index contributed by atoms with van der Waals surface area (Å²) in [7, 11) is 0. The van der Waals surface area contributed by atoms with Crippen molar-refractivity contribution in [1.82, 2.24) is 4.90 Å². The third kappa shape index (κ3) is 4.51. The van der Waals surface area contributed by atoms with E-state index >= 15 is 0 Å². The van der Waals surface area contributed by atoms with Gasteiger partial charge in [0, 0.05) is 6.54 Å². The molecule has 80 valence electrons. The van der Waals surface area contributed by atoms with Gasteiger partial charge in [0.2, 0.25) is 0 Å². The summed E-state index contributed by atoms with van der Waals surface area (Å²) in [4.78, 5) is 23.2. The Morgan fingerprint density at radius 1 is 1.33 bits per heavy atom. The van der Waals surface area contributed by atoms with Crippen molar-refractivity contribution >= 4 is 12.1 Å². The summed E-state index contributed by atoms with van der Waals surface area (Å²) in [6.45, 7) is 2.80. The molecule has 0 saturated carbocycles. The van der Waals surface area contributed by atoms with Crippen molar-refractivity contribution in [3.05, 3.63) is 35.9 Å². The molecule has 0 fully saturated rings. The number of ketones is 1. The van der Waals surface area contributed by atoms with E-state index in [4.69, 9.17) is 0 Å². The van der Waals surface area contributed by atoms with Crippen molar-refractivity contribution in [1.29, 1.82) is 0 Å². The lowest BCUT2D eigenvalue weighted by Gasteiger charge is -2.17. The number of nitrogens with zero attached hydrogens (tertiary/aromatic N) is 1. The molecule has 0 radical (unpaired) electrons. The average molecular weight is 205 g/mol. The lowest BCUT2D eigenvalue weighted by atomic mass is 10.2. The zero-order valence-corrected chi connectivity index (χ0v) is 8.85. The standard InChI is InChI=1S/C12H15NO2/c1-11(15)9-13(7-8-14)10-12-5-3-2-4-6-12/h2-6,8H,7,9-10H2,1H3. The molecule has 0 atom stereocenters. The van der Waals surface area contributed by atoms with Crippen LogP contribution in [0.1, 0.15) is 12.5 Å². The molecule has 0 amide bonds. The number of hydrogen-bond acceptors (Lipinski definition) is 3. The minimum absolute atomic E-state index is 0.0766. The van der Waals surface area contributed by atoms with Gasteiger partial charge in [0.25, 0.3) is 0 Å². The van der Waals surface area contributed by atoms with Crippen LogP contribution >= 0.6 is 0 Å². The normalized spacial score (nSPS) is 10.3. The molecule has 1 aromatic rings. The van der Waals surface area contributed by atoms with Crippen LogP contribution in [0.4, 0.5) is 0 Å². The van der Waals surface area contributed by atoms with E-state index in [0.717, 1.165) is 11.8 Å². The van der Waals surface area contributed by atoms with E-state index in [-0.39, 0.29) is 5.78 Å². The maximum Gasteiger partial charge on any atom is 0.143 e. The molecule has 0 aliphatic rings. The molecule has 0 saturated heterocycles. The van der Waals surface area contributed by atoms with Crippen molar-refractivity contribution in [2.24, 2.45) is 0 Å². The van der Waals surface area contributed by atoms with Crippen LogP contribution in [0.25, 0.3) is 0 Å². The first-order valence-corrected chi connectivity index (χ1v) is 4.91. The monoisotopic (exact) mass is 205 g/mol. The van der Waals surface area contributed by atoms with Gasteiger partial charge >= 0.3 is 0 Å². The quantitative estimate of drug-likeness (QED) is 0.656. The molecular formula is C12H15NO2. The van der Waals surface area contributed by atoms with Gasteiger partial charge in [0.1, 0.15) is 12.1 Å². The molecule has 3 nitrogen and oxygen atoms in total. The van der Waals surface area contributed by atoms with Crippen LogP contribution in [-0.2, 0) is 16.1 Å². The highest BCUT2D eigenvalue weighted by Gasteiger charge is 2.07. The number of aldehydes is 1. The van der Waals surface area contributed by atoms with Crippen LogP contribution in [0, 0.1) is 0 Å². The summed E-state index contributed by atoms with van der Waals surface area (Å²) in [6.07, 6.45) is 0.825. The molecule has 15 heavy (non-hydrogen) atoms. The summed E-state index contributed by atoms with van der Waals surface area (Å²) in [6, 6.07) is 9.80. The molecule has 0 bridgehead atoms. The minimum Gasteiger partial charge on any atom is -0.302 e. The van der Waals surface area contributed by atoms with Crippen LogP contribution in [0.3, 0.4) is 0 Å². The molecule has 0 spiro atoms.